The van der Waals surface area contributed by atoms with E-state index in [0.717, 1.165) is 43.8 Å². The first-order chi connectivity index (χ1) is 9.66. The van der Waals surface area contributed by atoms with Crippen molar-refractivity contribution in [1.82, 2.24) is 9.34 Å². The molecule has 0 N–H and O–H groups in total. The normalized spacial score (nSPS) is 17.7. The first-order valence-corrected chi connectivity index (χ1v) is 8.65. The molecular weight excluding hydrogens is 287 g/mol. The van der Waals surface area contributed by atoms with E-state index in [1.807, 2.05) is 6.07 Å². The number of thiocarbonyl (C=S) groups is 1. The lowest BCUT2D eigenvalue weighted by Crippen LogP contribution is -2.11. The molecule has 1 aromatic carbocycles. The highest BCUT2D eigenvalue weighted by molar-refractivity contribution is 7.80. The van der Waals surface area contributed by atoms with Gasteiger partial charge < -0.3 is 4.52 Å². The minimum absolute atomic E-state index is 0.523. The molecular formula is C15H23N2OPS. The van der Waals surface area contributed by atoms with Gasteiger partial charge in [0.25, 0.3) is 0 Å². The Morgan fingerprint density at radius 1 is 1.20 bits per heavy atom. The molecule has 0 bridgehead atoms. The van der Waals surface area contributed by atoms with Crippen LogP contribution in [-0.2, 0) is 10.9 Å². The molecule has 0 amide bonds. The summed E-state index contributed by atoms with van der Waals surface area (Å²) >= 11 is 5.46. The largest absolute Gasteiger partial charge is 0.331 e. The second-order valence-electron chi connectivity index (χ2n) is 5.15. The number of benzene rings is 1. The van der Waals surface area contributed by atoms with Crippen LogP contribution in [0.3, 0.4) is 0 Å². The van der Waals surface area contributed by atoms with E-state index in [0.29, 0.717) is 0 Å². The average molecular weight is 310 g/mol. The smallest absolute Gasteiger partial charge is 0.187 e. The second kappa shape index (κ2) is 8.16. The van der Waals surface area contributed by atoms with Crippen molar-refractivity contribution in [2.75, 3.05) is 33.8 Å². The van der Waals surface area contributed by atoms with Gasteiger partial charge in [-0.2, -0.15) is 0 Å². The van der Waals surface area contributed by atoms with E-state index in [1.54, 1.807) is 0 Å². The van der Waals surface area contributed by atoms with Crippen LogP contribution in [0.5, 0.6) is 0 Å². The first kappa shape index (κ1) is 16.0. The fourth-order valence-electron chi connectivity index (χ4n) is 2.25. The van der Waals surface area contributed by atoms with Gasteiger partial charge in [0.1, 0.15) is 0 Å². The van der Waals surface area contributed by atoms with E-state index in [1.165, 1.54) is 5.56 Å². The Hall–Kier alpha value is -0.380. The van der Waals surface area contributed by atoms with Crippen molar-refractivity contribution in [1.29, 1.82) is 0 Å². The molecule has 2 rings (SSSR count). The molecule has 0 unspecified atom stereocenters. The number of likely N-dealkylation sites (N-methyl/N-ethyl adjacent to an activating group) is 2. The summed E-state index contributed by atoms with van der Waals surface area (Å²) < 4.78 is 10.6. The monoisotopic (exact) mass is 310 g/mol. The van der Waals surface area contributed by atoms with Gasteiger partial charge in [0, 0.05) is 19.5 Å². The Morgan fingerprint density at radius 3 is 2.50 bits per heavy atom. The third kappa shape index (κ3) is 4.87. The number of hydrogen-bond donors (Lipinski definition) is 0. The van der Waals surface area contributed by atoms with Crippen molar-refractivity contribution in [3.63, 3.8) is 0 Å². The molecule has 110 valence electrons. The van der Waals surface area contributed by atoms with Crippen LogP contribution in [0.4, 0.5) is 0 Å². The van der Waals surface area contributed by atoms with Gasteiger partial charge in [-0.05, 0) is 37.4 Å². The van der Waals surface area contributed by atoms with Crippen LogP contribution in [0.15, 0.2) is 30.3 Å². The van der Waals surface area contributed by atoms with Crippen molar-refractivity contribution in [3.05, 3.63) is 35.9 Å². The molecule has 0 atom stereocenters. The van der Waals surface area contributed by atoms with Gasteiger partial charge >= 0.3 is 0 Å². The van der Waals surface area contributed by atoms with E-state index < -0.39 is 8.45 Å². The summed E-state index contributed by atoms with van der Waals surface area (Å²) in [5.41, 5.74) is 1.30. The lowest BCUT2D eigenvalue weighted by molar-refractivity contribution is 0.308. The number of nitrogens with zero attached hydrogens (tertiary/aromatic N) is 2. The molecule has 0 aliphatic carbocycles. The third-order valence-corrected chi connectivity index (χ3v) is 5.71. The minimum atomic E-state index is -0.523. The van der Waals surface area contributed by atoms with Crippen LogP contribution < -0.4 is 0 Å². The fourth-order valence-corrected chi connectivity index (χ4v) is 4.29. The summed E-state index contributed by atoms with van der Waals surface area (Å²) in [4.78, 5) is 1.13. The van der Waals surface area contributed by atoms with Crippen molar-refractivity contribution in [2.24, 2.45) is 0 Å². The molecule has 0 saturated carbocycles. The van der Waals surface area contributed by atoms with E-state index in [2.05, 4.69) is 47.7 Å². The van der Waals surface area contributed by atoms with Crippen molar-refractivity contribution >= 4 is 25.5 Å². The van der Waals surface area contributed by atoms with Gasteiger partial charge in [-0.1, -0.05) is 42.5 Å². The van der Waals surface area contributed by atoms with Gasteiger partial charge in [-0.25, -0.2) is 9.34 Å². The number of hydrogen-bond acceptors (Lipinski definition) is 4. The summed E-state index contributed by atoms with van der Waals surface area (Å²) in [5.74, 6) is 0. The molecule has 1 heterocycles. The van der Waals surface area contributed by atoms with E-state index in [-0.39, 0.29) is 0 Å². The second-order valence-corrected chi connectivity index (χ2v) is 7.86. The number of rotatable bonds is 7. The first-order valence-electron chi connectivity index (χ1n) is 7.07. The highest BCUT2D eigenvalue weighted by atomic mass is 32.1. The highest BCUT2D eigenvalue weighted by Crippen LogP contribution is 2.46. The summed E-state index contributed by atoms with van der Waals surface area (Å²) in [6.07, 6.45) is 2.90. The van der Waals surface area contributed by atoms with Gasteiger partial charge in [0.2, 0.25) is 0 Å². The molecule has 1 fully saturated rings. The molecule has 1 aromatic rings. The zero-order chi connectivity index (χ0) is 14.4. The maximum atomic E-state index is 5.99. The van der Waals surface area contributed by atoms with Crippen LogP contribution in [0.25, 0.3) is 0 Å². The fraction of sp³-hybridized carbons (Fsp3) is 0.533. The molecule has 5 heteroatoms. The zero-order valence-corrected chi connectivity index (χ0v) is 14.0. The predicted molar refractivity (Wildman–Crippen MR) is 90.1 cm³/mol. The Kier molecular flexibility index (Phi) is 6.53. The molecule has 3 nitrogen and oxygen atoms in total. The maximum absolute atomic E-state index is 5.99. The SMILES string of the molecule is CN1CCN(C)P1OCCCC(=S)Cc1ccccc1. The quantitative estimate of drug-likeness (QED) is 0.435. The van der Waals surface area contributed by atoms with Gasteiger partial charge in [-0.15, -0.1) is 0 Å². The van der Waals surface area contributed by atoms with Crippen molar-refractivity contribution < 1.29 is 4.52 Å². The van der Waals surface area contributed by atoms with Crippen molar-refractivity contribution in [2.45, 2.75) is 19.3 Å². The van der Waals surface area contributed by atoms with Gasteiger partial charge in [0.05, 0.1) is 6.61 Å². The van der Waals surface area contributed by atoms with Crippen LogP contribution in [0.1, 0.15) is 18.4 Å². The molecule has 1 saturated heterocycles. The molecule has 0 aromatic heterocycles. The van der Waals surface area contributed by atoms with Gasteiger partial charge in [-0.3, -0.25) is 0 Å². The Balaban J connectivity index is 1.62. The summed E-state index contributed by atoms with van der Waals surface area (Å²) in [6, 6.07) is 10.4. The predicted octanol–water partition coefficient (Wildman–Crippen LogP) is 3.50. The average Bonchev–Trinajstić information content (AvgIpc) is 2.76. The molecule has 1 aliphatic rings. The minimum Gasteiger partial charge on any atom is -0.331 e. The summed E-state index contributed by atoms with van der Waals surface area (Å²) in [6.45, 7) is 3.01. The molecule has 1 aliphatic heterocycles. The topological polar surface area (TPSA) is 15.7 Å². The van der Waals surface area contributed by atoms with Crippen LogP contribution >= 0.6 is 20.7 Å². The summed E-state index contributed by atoms with van der Waals surface area (Å²) in [5, 5.41) is 0. The lowest BCUT2D eigenvalue weighted by Gasteiger charge is -2.23. The lowest BCUT2D eigenvalue weighted by atomic mass is 10.1. The molecule has 0 radical (unpaired) electrons. The molecule has 20 heavy (non-hydrogen) atoms. The van der Waals surface area contributed by atoms with E-state index >= 15 is 0 Å². The van der Waals surface area contributed by atoms with Crippen LogP contribution in [0.2, 0.25) is 0 Å². The summed E-state index contributed by atoms with van der Waals surface area (Å²) in [7, 11) is 3.75. The Bertz CT molecular complexity index is 419. The van der Waals surface area contributed by atoms with Crippen LogP contribution in [-0.4, -0.2) is 48.0 Å². The Morgan fingerprint density at radius 2 is 1.85 bits per heavy atom. The standard InChI is InChI=1S/C15H23N2OPS/c1-16-10-11-17(2)19(16)18-12-6-9-15(20)13-14-7-4-3-5-8-14/h3-5,7-8H,6,9-13H2,1-2H3. The van der Waals surface area contributed by atoms with Crippen molar-refractivity contribution in [3.8, 4) is 0 Å². The highest BCUT2D eigenvalue weighted by Gasteiger charge is 2.27. The Labute approximate surface area is 128 Å². The van der Waals surface area contributed by atoms with Gasteiger partial charge in [0.15, 0.2) is 8.45 Å². The third-order valence-electron chi connectivity index (χ3n) is 3.38. The van der Waals surface area contributed by atoms with Crippen LogP contribution in [0, 0.1) is 0 Å². The maximum Gasteiger partial charge on any atom is 0.187 e. The van der Waals surface area contributed by atoms with E-state index in [4.69, 9.17) is 16.7 Å². The zero-order valence-electron chi connectivity index (χ0n) is 12.3. The molecule has 0 spiro atoms. The van der Waals surface area contributed by atoms with E-state index in [9.17, 15) is 0 Å².